The van der Waals surface area contributed by atoms with Gasteiger partial charge in [0.05, 0.1) is 12.8 Å². The molecule has 0 fully saturated rings. The molecule has 0 saturated heterocycles. The van der Waals surface area contributed by atoms with Crippen molar-refractivity contribution in [2.75, 3.05) is 18.7 Å². The van der Waals surface area contributed by atoms with E-state index in [1.165, 1.54) is 6.21 Å². The molecule has 2 heterocycles. The van der Waals surface area contributed by atoms with Crippen molar-refractivity contribution in [2.45, 2.75) is 0 Å². The second-order valence-electron chi connectivity index (χ2n) is 4.36. The van der Waals surface area contributed by atoms with Crippen molar-refractivity contribution < 1.29 is 18.7 Å². The largest absolute Gasteiger partial charge is 0.454 e. The zero-order valence-corrected chi connectivity index (χ0v) is 13.5. The maximum atomic E-state index is 11.7. The first kappa shape index (κ1) is 14.7. The molecule has 0 saturated carbocycles. The molecule has 22 heavy (non-hydrogen) atoms. The highest BCUT2D eigenvalue weighted by Crippen LogP contribution is 2.34. The summed E-state index contributed by atoms with van der Waals surface area (Å²) in [5.74, 6) is 1.67. The average Bonchev–Trinajstić information content (AvgIpc) is 3.13. The summed E-state index contributed by atoms with van der Waals surface area (Å²) in [6.07, 6.45) is 1.45. The molecule has 114 valence electrons. The highest BCUT2D eigenvalue weighted by Gasteiger charge is 2.13. The van der Waals surface area contributed by atoms with E-state index in [2.05, 4.69) is 38.4 Å². The van der Waals surface area contributed by atoms with Crippen LogP contribution in [0.2, 0.25) is 0 Å². The summed E-state index contributed by atoms with van der Waals surface area (Å²) in [6, 6.07) is 8.96. The molecular weight excluding hydrogens is 401 g/mol. The van der Waals surface area contributed by atoms with Gasteiger partial charge in [0.15, 0.2) is 15.3 Å². The molecular formula is C14H12IN3O4. The van der Waals surface area contributed by atoms with Crippen LogP contribution in [0.3, 0.4) is 0 Å². The highest BCUT2D eigenvalue weighted by atomic mass is 127. The quantitative estimate of drug-likeness (QED) is 0.446. The molecule has 0 spiro atoms. The van der Waals surface area contributed by atoms with Crippen LogP contribution >= 0.6 is 22.6 Å². The third kappa shape index (κ3) is 3.70. The van der Waals surface area contributed by atoms with E-state index in [4.69, 9.17) is 13.9 Å². The number of furan rings is 1. The lowest BCUT2D eigenvalue weighted by molar-refractivity contribution is -0.119. The summed E-state index contributed by atoms with van der Waals surface area (Å²) in [7, 11) is 0. The Labute approximate surface area is 139 Å². The SMILES string of the molecule is O=C(CNc1ccc2c(c1)OCO2)N/N=C\c1ccc(I)o1. The molecule has 0 unspecified atom stereocenters. The van der Waals surface area contributed by atoms with Gasteiger partial charge in [-0.2, -0.15) is 5.10 Å². The van der Waals surface area contributed by atoms with Crippen LogP contribution in [0.5, 0.6) is 11.5 Å². The van der Waals surface area contributed by atoms with Gasteiger partial charge in [-0.3, -0.25) is 4.79 Å². The third-order valence-corrected chi connectivity index (χ3v) is 3.38. The number of hydrogen-bond donors (Lipinski definition) is 2. The van der Waals surface area contributed by atoms with Crippen molar-refractivity contribution >= 4 is 40.4 Å². The van der Waals surface area contributed by atoms with Gasteiger partial charge in [-0.1, -0.05) is 0 Å². The van der Waals surface area contributed by atoms with Crippen molar-refractivity contribution in [2.24, 2.45) is 5.10 Å². The van der Waals surface area contributed by atoms with Crippen LogP contribution in [0, 0.1) is 3.77 Å². The Kier molecular flexibility index (Phi) is 4.47. The molecule has 1 aliphatic rings. The molecule has 1 aromatic carbocycles. The zero-order chi connectivity index (χ0) is 15.4. The minimum absolute atomic E-state index is 0.0900. The minimum atomic E-state index is -0.268. The fraction of sp³-hybridized carbons (Fsp3) is 0.143. The van der Waals surface area contributed by atoms with E-state index in [1.54, 1.807) is 18.2 Å². The first-order valence-electron chi connectivity index (χ1n) is 6.41. The predicted molar refractivity (Wildman–Crippen MR) is 88.2 cm³/mol. The number of hydrogen-bond acceptors (Lipinski definition) is 6. The monoisotopic (exact) mass is 413 g/mol. The molecule has 1 aromatic heterocycles. The van der Waals surface area contributed by atoms with Crippen molar-refractivity contribution in [1.82, 2.24) is 5.43 Å². The molecule has 7 nitrogen and oxygen atoms in total. The van der Waals surface area contributed by atoms with Gasteiger partial charge >= 0.3 is 0 Å². The van der Waals surface area contributed by atoms with E-state index in [9.17, 15) is 4.79 Å². The lowest BCUT2D eigenvalue weighted by atomic mass is 10.3. The van der Waals surface area contributed by atoms with Crippen LogP contribution in [0.25, 0.3) is 0 Å². The van der Waals surface area contributed by atoms with Crippen molar-refractivity contribution in [3.05, 3.63) is 39.9 Å². The highest BCUT2D eigenvalue weighted by molar-refractivity contribution is 14.1. The first-order valence-corrected chi connectivity index (χ1v) is 7.49. The van der Waals surface area contributed by atoms with Gasteiger partial charge in [-0.25, -0.2) is 5.43 Å². The number of benzene rings is 1. The maximum Gasteiger partial charge on any atom is 0.259 e. The summed E-state index contributed by atoms with van der Waals surface area (Å²) in [5.41, 5.74) is 3.18. The lowest BCUT2D eigenvalue weighted by Gasteiger charge is -2.05. The fourth-order valence-electron chi connectivity index (χ4n) is 1.79. The number of ether oxygens (including phenoxy) is 2. The van der Waals surface area contributed by atoms with Gasteiger partial charge in [0.1, 0.15) is 5.76 Å². The number of rotatable bonds is 5. The van der Waals surface area contributed by atoms with Gasteiger partial charge in [-0.05, 0) is 46.9 Å². The van der Waals surface area contributed by atoms with E-state index in [1.807, 2.05) is 12.1 Å². The van der Waals surface area contributed by atoms with Gasteiger partial charge in [0.25, 0.3) is 5.91 Å². The first-order chi connectivity index (χ1) is 10.7. The summed E-state index contributed by atoms with van der Waals surface area (Å²) in [4.78, 5) is 11.7. The van der Waals surface area contributed by atoms with Crippen LogP contribution in [-0.2, 0) is 4.79 Å². The van der Waals surface area contributed by atoms with Crippen LogP contribution in [0.1, 0.15) is 5.76 Å². The van der Waals surface area contributed by atoms with Crippen molar-refractivity contribution in [3.63, 3.8) is 0 Å². The van der Waals surface area contributed by atoms with Gasteiger partial charge in [-0.15, -0.1) is 0 Å². The number of hydrazone groups is 1. The van der Waals surface area contributed by atoms with E-state index in [0.29, 0.717) is 17.3 Å². The second-order valence-corrected chi connectivity index (χ2v) is 5.42. The van der Waals surface area contributed by atoms with Gasteiger partial charge in [0, 0.05) is 11.8 Å². The predicted octanol–water partition coefficient (Wildman–Crippen LogP) is 2.18. The smallest absolute Gasteiger partial charge is 0.259 e. The number of amides is 1. The molecule has 2 N–H and O–H groups in total. The third-order valence-electron chi connectivity index (χ3n) is 2.80. The number of halogens is 1. The molecule has 1 amide bonds. The Morgan fingerprint density at radius 1 is 1.27 bits per heavy atom. The van der Waals surface area contributed by atoms with E-state index >= 15 is 0 Å². The van der Waals surface area contributed by atoms with Gasteiger partial charge < -0.3 is 19.2 Å². The summed E-state index contributed by atoms with van der Waals surface area (Å²) in [5, 5.41) is 6.80. The Bertz CT molecular complexity index is 714. The minimum Gasteiger partial charge on any atom is -0.454 e. The average molecular weight is 413 g/mol. The van der Waals surface area contributed by atoms with Crippen LogP contribution in [-0.4, -0.2) is 25.5 Å². The zero-order valence-electron chi connectivity index (χ0n) is 11.3. The van der Waals surface area contributed by atoms with Gasteiger partial charge in [0.2, 0.25) is 6.79 Å². The fourth-order valence-corrected chi connectivity index (χ4v) is 2.23. The molecule has 0 atom stereocenters. The van der Waals surface area contributed by atoms with Crippen LogP contribution in [0.15, 0.2) is 39.9 Å². The summed E-state index contributed by atoms with van der Waals surface area (Å²) < 4.78 is 16.5. The Balaban J connectivity index is 1.47. The van der Waals surface area contributed by atoms with E-state index in [0.717, 1.165) is 9.45 Å². The molecule has 8 heteroatoms. The normalized spacial score (nSPS) is 12.6. The standard InChI is InChI=1S/C14H12IN3O4/c15-13-4-2-10(22-13)6-17-18-14(19)7-16-9-1-3-11-12(5-9)21-8-20-11/h1-6,16H,7-8H2,(H,18,19)/b17-6-. The van der Waals surface area contributed by atoms with Crippen LogP contribution < -0.4 is 20.2 Å². The molecule has 0 aliphatic carbocycles. The second kappa shape index (κ2) is 6.69. The Morgan fingerprint density at radius 2 is 2.14 bits per heavy atom. The lowest BCUT2D eigenvalue weighted by Crippen LogP contribution is -2.25. The van der Waals surface area contributed by atoms with Crippen LogP contribution in [0.4, 0.5) is 5.69 Å². The summed E-state index contributed by atoms with van der Waals surface area (Å²) in [6.45, 7) is 0.312. The van der Waals surface area contributed by atoms with E-state index in [-0.39, 0.29) is 19.2 Å². The Morgan fingerprint density at radius 3 is 2.95 bits per heavy atom. The maximum absolute atomic E-state index is 11.7. The Hall–Kier alpha value is -2.23. The molecule has 0 radical (unpaired) electrons. The number of fused-ring (bicyclic) bond motifs is 1. The molecule has 1 aliphatic heterocycles. The summed E-state index contributed by atoms with van der Waals surface area (Å²) >= 11 is 2.05. The number of carbonyl (C=O) groups excluding carboxylic acids is 1. The molecule has 0 bridgehead atoms. The topological polar surface area (TPSA) is 85.1 Å². The van der Waals surface area contributed by atoms with E-state index < -0.39 is 0 Å². The van der Waals surface area contributed by atoms with Crippen molar-refractivity contribution in [1.29, 1.82) is 0 Å². The van der Waals surface area contributed by atoms with Crippen molar-refractivity contribution in [3.8, 4) is 11.5 Å². The number of nitrogens with zero attached hydrogens (tertiary/aromatic N) is 1. The molecule has 2 aromatic rings. The molecule has 3 rings (SSSR count). The number of anilines is 1. The number of nitrogens with one attached hydrogen (secondary N) is 2. The number of carbonyl (C=O) groups is 1.